The van der Waals surface area contributed by atoms with Crippen molar-refractivity contribution in [2.75, 3.05) is 20.3 Å². The monoisotopic (exact) mass is 417 g/mol. The molecule has 31 heavy (non-hydrogen) atoms. The largest absolute Gasteiger partial charge is 0.496 e. The highest BCUT2D eigenvalue weighted by Gasteiger charge is 2.17. The maximum Gasteiger partial charge on any atom is 0.251 e. The number of carbonyl (C=O) groups excluding carboxylic acids is 1. The number of rotatable bonds is 8. The van der Waals surface area contributed by atoms with Crippen LogP contribution in [0.5, 0.6) is 11.5 Å². The first-order valence-electron chi connectivity index (χ1n) is 10.6. The number of nitrogens with one attached hydrogen (secondary N) is 1. The second-order valence-electron chi connectivity index (χ2n) is 7.55. The topological polar surface area (TPSA) is 56.8 Å². The summed E-state index contributed by atoms with van der Waals surface area (Å²) in [5.74, 6) is 1.33. The molecular weight excluding hydrogens is 390 g/mol. The van der Waals surface area contributed by atoms with Crippen LogP contribution < -0.4 is 14.8 Å². The van der Waals surface area contributed by atoms with Crippen LogP contribution in [0.4, 0.5) is 0 Å². The smallest absolute Gasteiger partial charge is 0.251 e. The lowest BCUT2D eigenvalue weighted by atomic mass is 10.1. The van der Waals surface area contributed by atoms with E-state index < -0.39 is 0 Å². The molecule has 3 aromatic carbocycles. The summed E-state index contributed by atoms with van der Waals surface area (Å²) in [5.41, 5.74) is 3.70. The fourth-order valence-corrected chi connectivity index (χ4v) is 3.68. The Morgan fingerprint density at radius 3 is 2.52 bits per heavy atom. The SMILES string of the molecule is COc1ccc(C(=O)NCC2CCCO2)cc1COc1ccc(-c2ccccc2)cc1. The van der Waals surface area contributed by atoms with E-state index >= 15 is 0 Å². The molecule has 1 unspecified atom stereocenters. The van der Waals surface area contributed by atoms with Gasteiger partial charge in [0.25, 0.3) is 5.91 Å². The first-order chi connectivity index (χ1) is 15.2. The van der Waals surface area contributed by atoms with E-state index in [4.69, 9.17) is 14.2 Å². The second-order valence-corrected chi connectivity index (χ2v) is 7.55. The Bertz CT molecular complexity index is 996. The van der Waals surface area contributed by atoms with Gasteiger partial charge in [0.05, 0.1) is 13.2 Å². The Labute approximate surface area is 183 Å². The highest BCUT2D eigenvalue weighted by atomic mass is 16.5. The van der Waals surface area contributed by atoms with Crippen molar-refractivity contribution in [3.8, 4) is 22.6 Å². The highest BCUT2D eigenvalue weighted by molar-refractivity contribution is 5.94. The molecule has 1 aliphatic rings. The molecule has 5 heteroatoms. The number of amides is 1. The first-order valence-corrected chi connectivity index (χ1v) is 10.6. The predicted molar refractivity (Wildman–Crippen MR) is 121 cm³/mol. The van der Waals surface area contributed by atoms with Crippen molar-refractivity contribution in [1.82, 2.24) is 5.32 Å². The average molecular weight is 418 g/mol. The van der Waals surface area contributed by atoms with E-state index in [9.17, 15) is 4.79 Å². The summed E-state index contributed by atoms with van der Waals surface area (Å²) in [6, 6.07) is 23.6. The molecule has 0 saturated carbocycles. The molecule has 0 aromatic heterocycles. The summed E-state index contributed by atoms with van der Waals surface area (Å²) in [5, 5.41) is 2.96. The Morgan fingerprint density at radius 1 is 1.03 bits per heavy atom. The van der Waals surface area contributed by atoms with Crippen LogP contribution in [0.1, 0.15) is 28.8 Å². The van der Waals surface area contributed by atoms with E-state index in [0.717, 1.165) is 41.9 Å². The van der Waals surface area contributed by atoms with E-state index in [1.54, 1.807) is 19.2 Å². The third-order valence-electron chi connectivity index (χ3n) is 5.41. The zero-order chi connectivity index (χ0) is 21.5. The van der Waals surface area contributed by atoms with Crippen molar-refractivity contribution < 1.29 is 19.0 Å². The van der Waals surface area contributed by atoms with Gasteiger partial charge in [0.1, 0.15) is 18.1 Å². The molecule has 1 atom stereocenters. The summed E-state index contributed by atoms with van der Waals surface area (Å²) >= 11 is 0. The van der Waals surface area contributed by atoms with Gasteiger partial charge in [0, 0.05) is 24.3 Å². The van der Waals surface area contributed by atoms with Gasteiger partial charge in [-0.15, -0.1) is 0 Å². The molecule has 0 spiro atoms. The fraction of sp³-hybridized carbons (Fsp3) is 0.269. The zero-order valence-electron chi connectivity index (χ0n) is 17.7. The minimum absolute atomic E-state index is 0.115. The summed E-state index contributed by atoms with van der Waals surface area (Å²) in [6.07, 6.45) is 2.16. The number of carbonyl (C=O) groups is 1. The standard InChI is InChI=1S/C26H27NO4/c1-29-25-14-11-21(26(28)27-17-24-8-5-15-30-24)16-22(25)18-31-23-12-9-20(10-13-23)19-6-3-2-4-7-19/h2-4,6-7,9-14,16,24H,5,8,15,17-18H2,1H3,(H,27,28). The normalized spacial score (nSPS) is 15.5. The molecule has 3 aromatic rings. The van der Waals surface area contributed by atoms with Gasteiger partial charge in [0.2, 0.25) is 0 Å². The number of hydrogen-bond acceptors (Lipinski definition) is 4. The van der Waals surface area contributed by atoms with Crippen LogP contribution in [0, 0.1) is 0 Å². The molecule has 4 rings (SSSR count). The van der Waals surface area contributed by atoms with Gasteiger partial charge >= 0.3 is 0 Å². The lowest BCUT2D eigenvalue weighted by Gasteiger charge is -2.14. The minimum Gasteiger partial charge on any atom is -0.496 e. The van der Waals surface area contributed by atoms with Gasteiger partial charge in [0.15, 0.2) is 0 Å². The first kappa shape index (κ1) is 20.9. The maximum atomic E-state index is 12.6. The van der Waals surface area contributed by atoms with Crippen LogP contribution in [-0.4, -0.2) is 32.3 Å². The van der Waals surface area contributed by atoms with Crippen LogP contribution in [0.3, 0.4) is 0 Å². The van der Waals surface area contributed by atoms with E-state index in [-0.39, 0.29) is 12.0 Å². The Balaban J connectivity index is 1.40. The third kappa shape index (κ3) is 5.44. The summed E-state index contributed by atoms with van der Waals surface area (Å²) in [4.78, 5) is 12.6. The number of ether oxygens (including phenoxy) is 3. The molecule has 160 valence electrons. The molecule has 1 heterocycles. The summed E-state index contributed by atoms with van der Waals surface area (Å²) in [7, 11) is 1.62. The molecule has 1 amide bonds. The molecular formula is C26H27NO4. The molecule has 1 saturated heterocycles. The number of methoxy groups -OCH3 is 1. The van der Waals surface area contributed by atoms with Gasteiger partial charge < -0.3 is 19.5 Å². The van der Waals surface area contributed by atoms with E-state index in [1.165, 1.54) is 0 Å². The Morgan fingerprint density at radius 2 is 1.81 bits per heavy atom. The van der Waals surface area contributed by atoms with Gasteiger partial charge in [-0.05, 0) is 54.3 Å². The number of hydrogen-bond donors (Lipinski definition) is 1. The third-order valence-corrected chi connectivity index (χ3v) is 5.41. The van der Waals surface area contributed by atoms with Gasteiger partial charge in [-0.3, -0.25) is 4.79 Å². The van der Waals surface area contributed by atoms with Crippen molar-refractivity contribution in [2.45, 2.75) is 25.6 Å². The van der Waals surface area contributed by atoms with Gasteiger partial charge in [-0.2, -0.15) is 0 Å². The quantitative estimate of drug-likeness (QED) is 0.569. The van der Waals surface area contributed by atoms with Crippen LogP contribution in [0.2, 0.25) is 0 Å². The van der Waals surface area contributed by atoms with Crippen molar-refractivity contribution in [1.29, 1.82) is 0 Å². The molecule has 0 radical (unpaired) electrons. The van der Waals surface area contributed by atoms with Crippen molar-refractivity contribution >= 4 is 5.91 Å². The molecule has 1 aliphatic heterocycles. The van der Waals surface area contributed by atoms with Gasteiger partial charge in [-0.25, -0.2) is 0 Å². The van der Waals surface area contributed by atoms with Gasteiger partial charge in [-0.1, -0.05) is 42.5 Å². The van der Waals surface area contributed by atoms with Crippen LogP contribution in [0.15, 0.2) is 72.8 Å². The summed E-state index contributed by atoms with van der Waals surface area (Å²) < 4.78 is 17.0. The fourth-order valence-electron chi connectivity index (χ4n) is 3.68. The lowest BCUT2D eigenvalue weighted by molar-refractivity contribution is 0.0857. The molecule has 0 aliphatic carbocycles. The second kappa shape index (κ2) is 10.1. The van der Waals surface area contributed by atoms with E-state index in [1.807, 2.05) is 48.5 Å². The lowest BCUT2D eigenvalue weighted by Crippen LogP contribution is -2.31. The highest BCUT2D eigenvalue weighted by Crippen LogP contribution is 2.25. The average Bonchev–Trinajstić information content (AvgIpc) is 3.35. The molecule has 1 N–H and O–H groups in total. The van der Waals surface area contributed by atoms with Crippen LogP contribution in [-0.2, 0) is 11.3 Å². The molecule has 5 nitrogen and oxygen atoms in total. The summed E-state index contributed by atoms with van der Waals surface area (Å²) in [6.45, 7) is 1.61. The molecule has 0 bridgehead atoms. The minimum atomic E-state index is -0.119. The van der Waals surface area contributed by atoms with E-state index in [2.05, 4.69) is 17.4 Å². The Kier molecular flexibility index (Phi) is 6.85. The van der Waals surface area contributed by atoms with Crippen molar-refractivity contribution in [2.24, 2.45) is 0 Å². The van der Waals surface area contributed by atoms with Crippen molar-refractivity contribution in [3.63, 3.8) is 0 Å². The zero-order valence-corrected chi connectivity index (χ0v) is 17.7. The Hall–Kier alpha value is -3.31. The maximum absolute atomic E-state index is 12.6. The van der Waals surface area contributed by atoms with Crippen LogP contribution >= 0.6 is 0 Å². The van der Waals surface area contributed by atoms with E-state index in [0.29, 0.717) is 24.5 Å². The van der Waals surface area contributed by atoms with Crippen LogP contribution in [0.25, 0.3) is 11.1 Å². The predicted octanol–water partition coefficient (Wildman–Crippen LogP) is 4.85. The van der Waals surface area contributed by atoms with Crippen molar-refractivity contribution in [3.05, 3.63) is 83.9 Å². The number of benzene rings is 3. The molecule has 1 fully saturated rings.